The molecule has 0 amide bonds. The number of nitrogens with one attached hydrogen (secondary N) is 1. The Morgan fingerprint density at radius 1 is 1.50 bits per heavy atom. The second-order valence-electron chi connectivity index (χ2n) is 3.71. The Morgan fingerprint density at radius 3 is 2.50 bits per heavy atom. The highest BCUT2D eigenvalue weighted by Gasteiger charge is 2.25. The zero-order valence-electron chi connectivity index (χ0n) is 7.70. The van der Waals surface area contributed by atoms with E-state index < -0.39 is 6.23 Å². The van der Waals surface area contributed by atoms with E-state index in [-0.39, 0.29) is 6.10 Å². The molecule has 4 heteroatoms. The van der Waals surface area contributed by atoms with Gasteiger partial charge < -0.3 is 10.2 Å². The predicted octanol–water partition coefficient (Wildman–Crippen LogP) is -1.02. The lowest BCUT2D eigenvalue weighted by molar-refractivity contribution is -0.0293. The van der Waals surface area contributed by atoms with Gasteiger partial charge in [0, 0.05) is 25.7 Å². The zero-order valence-corrected chi connectivity index (χ0v) is 7.70. The first-order chi connectivity index (χ1) is 5.58. The molecule has 1 rings (SSSR count). The molecule has 1 heterocycles. The van der Waals surface area contributed by atoms with Crippen molar-refractivity contribution >= 4 is 0 Å². The maximum atomic E-state index is 9.41. The summed E-state index contributed by atoms with van der Waals surface area (Å²) in [5.41, 5.74) is 0. The van der Waals surface area contributed by atoms with Crippen LogP contribution in [0.5, 0.6) is 0 Å². The lowest BCUT2D eigenvalue weighted by Gasteiger charge is -2.37. The first-order valence-corrected chi connectivity index (χ1v) is 4.42. The van der Waals surface area contributed by atoms with E-state index in [4.69, 9.17) is 5.11 Å². The Kier molecular flexibility index (Phi) is 3.46. The summed E-state index contributed by atoms with van der Waals surface area (Å²) >= 11 is 0. The van der Waals surface area contributed by atoms with E-state index in [2.05, 4.69) is 5.32 Å². The zero-order chi connectivity index (χ0) is 9.14. The van der Waals surface area contributed by atoms with Crippen molar-refractivity contribution in [2.75, 3.05) is 19.6 Å². The van der Waals surface area contributed by atoms with Crippen molar-refractivity contribution in [3.63, 3.8) is 0 Å². The lowest BCUT2D eigenvalue weighted by atomic mass is 10.2. The molecule has 12 heavy (non-hydrogen) atoms. The summed E-state index contributed by atoms with van der Waals surface area (Å²) < 4.78 is 0. The van der Waals surface area contributed by atoms with Crippen molar-refractivity contribution in [3.05, 3.63) is 0 Å². The third-order valence-corrected chi connectivity index (χ3v) is 1.89. The molecule has 0 aromatic rings. The van der Waals surface area contributed by atoms with Crippen LogP contribution in [-0.2, 0) is 0 Å². The molecule has 1 aliphatic rings. The summed E-state index contributed by atoms with van der Waals surface area (Å²) in [4.78, 5) is 2.02. The molecule has 1 fully saturated rings. The van der Waals surface area contributed by atoms with Gasteiger partial charge in [-0.05, 0) is 13.8 Å². The molecule has 0 bridgehead atoms. The fraction of sp³-hybridized carbons (Fsp3) is 1.00. The van der Waals surface area contributed by atoms with E-state index in [0.29, 0.717) is 25.7 Å². The smallest absolute Gasteiger partial charge is 0.117 e. The van der Waals surface area contributed by atoms with Gasteiger partial charge in [-0.25, -0.2) is 0 Å². The highest BCUT2D eigenvalue weighted by molar-refractivity contribution is 4.80. The summed E-state index contributed by atoms with van der Waals surface area (Å²) in [6.45, 7) is 5.98. The van der Waals surface area contributed by atoms with Crippen molar-refractivity contribution in [2.45, 2.75) is 32.2 Å². The average Bonchev–Trinajstić information content (AvgIpc) is 1.82. The summed E-state index contributed by atoms with van der Waals surface area (Å²) in [6, 6.07) is 0.297. The molecule has 0 spiro atoms. The van der Waals surface area contributed by atoms with Gasteiger partial charge in [-0.3, -0.25) is 10.2 Å². The number of likely N-dealkylation sites (tertiary alicyclic amines) is 1. The van der Waals surface area contributed by atoms with Crippen LogP contribution in [0, 0.1) is 0 Å². The van der Waals surface area contributed by atoms with Crippen LogP contribution in [-0.4, -0.2) is 53.1 Å². The summed E-state index contributed by atoms with van der Waals surface area (Å²) in [6.07, 6.45) is -0.659. The van der Waals surface area contributed by atoms with Gasteiger partial charge in [0.25, 0.3) is 0 Å². The number of β-amino-alcohol motifs (C(OH)–C–C–N with tert-alkyl or cyclic N) is 2. The first-order valence-electron chi connectivity index (χ1n) is 4.42. The van der Waals surface area contributed by atoms with Crippen molar-refractivity contribution in [1.82, 2.24) is 10.2 Å². The van der Waals surface area contributed by atoms with Crippen LogP contribution >= 0.6 is 0 Å². The summed E-state index contributed by atoms with van der Waals surface area (Å²) in [5, 5.41) is 21.4. The highest BCUT2D eigenvalue weighted by Crippen LogP contribution is 2.06. The Hall–Kier alpha value is -0.160. The molecule has 0 aliphatic carbocycles. The quantitative estimate of drug-likeness (QED) is 0.477. The van der Waals surface area contributed by atoms with Crippen molar-refractivity contribution < 1.29 is 10.2 Å². The minimum absolute atomic E-state index is 0.184. The van der Waals surface area contributed by atoms with Gasteiger partial charge in [0.05, 0.1) is 6.10 Å². The minimum Gasteiger partial charge on any atom is -0.390 e. The van der Waals surface area contributed by atoms with E-state index >= 15 is 0 Å². The van der Waals surface area contributed by atoms with Crippen LogP contribution in [0.1, 0.15) is 13.8 Å². The predicted molar refractivity (Wildman–Crippen MR) is 46.7 cm³/mol. The second kappa shape index (κ2) is 4.18. The Balaban J connectivity index is 2.06. The van der Waals surface area contributed by atoms with Crippen LogP contribution in [0.2, 0.25) is 0 Å². The summed E-state index contributed by atoms with van der Waals surface area (Å²) in [5.74, 6) is 0. The average molecular weight is 174 g/mol. The monoisotopic (exact) mass is 174 g/mol. The Bertz CT molecular complexity index is 135. The van der Waals surface area contributed by atoms with Crippen LogP contribution in [0.25, 0.3) is 0 Å². The van der Waals surface area contributed by atoms with Crippen molar-refractivity contribution in [1.29, 1.82) is 0 Å². The van der Waals surface area contributed by atoms with E-state index in [1.54, 1.807) is 0 Å². The maximum Gasteiger partial charge on any atom is 0.117 e. The van der Waals surface area contributed by atoms with Crippen molar-refractivity contribution in [3.8, 4) is 0 Å². The third kappa shape index (κ3) is 3.06. The molecule has 0 saturated carbocycles. The fourth-order valence-electron chi connectivity index (χ4n) is 1.37. The van der Waals surface area contributed by atoms with Gasteiger partial charge in [0.1, 0.15) is 6.23 Å². The molecule has 1 aliphatic heterocycles. The van der Waals surface area contributed by atoms with E-state index in [0.717, 1.165) is 0 Å². The van der Waals surface area contributed by atoms with E-state index in [1.165, 1.54) is 0 Å². The normalized spacial score (nSPS) is 22.8. The van der Waals surface area contributed by atoms with E-state index in [9.17, 15) is 5.11 Å². The topological polar surface area (TPSA) is 55.7 Å². The van der Waals surface area contributed by atoms with Gasteiger partial charge in [0.15, 0.2) is 0 Å². The Morgan fingerprint density at radius 2 is 2.08 bits per heavy atom. The Labute approximate surface area is 73.2 Å². The van der Waals surface area contributed by atoms with Gasteiger partial charge >= 0.3 is 0 Å². The number of aliphatic hydroxyl groups excluding tert-OH is 2. The lowest BCUT2D eigenvalue weighted by Crippen LogP contribution is -2.55. The standard InChI is InChI=1S/C8H18N2O2/c1-6(2)9-8(12)5-10-3-7(11)4-10/h6-9,11-12H,3-5H2,1-2H3. The van der Waals surface area contributed by atoms with Crippen LogP contribution in [0.15, 0.2) is 0 Å². The highest BCUT2D eigenvalue weighted by atomic mass is 16.3. The fourth-order valence-corrected chi connectivity index (χ4v) is 1.37. The first kappa shape index (κ1) is 9.92. The molecule has 0 aromatic heterocycles. The van der Waals surface area contributed by atoms with Gasteiger partial charge in [-0.2, -0.15) is 0 Å². The number of nitrogens with zero attached hydrogens (tertiary/aromatic N) is 1. The molecule has 3 N–H and O–H groups in total. The second-order valence-corrected chi connectivity index (χ2v) is 3.71. The van der Waals surface area contributed by atoms with Gasteiger partial charge in [-0.1, -0.05) is 0 Å². The largest absolute Gasteiger partial charge is 0.390 e. The minimum atomic E-state index is -0.475. The van der Waals surface area contributed by atoms with Crippen LogP contribution in [0.4, 0.5) is 0 Å². The molecule has 1 unspecified atom stereocenters. The molecular formula is C8H18N2O2. The molecule has 4 nitrogen and oxygen atoms in total. The molecular weight excluding hydrogens is 156 g/mol. The van der Waals surface area contributed by atoms with E-state index in [1.807, 2.05) is 18.7 Å². The summed E-state index contributed by atoms with van der Waals surface area (Å²) in [7, 11) is 0. The van der Waals surface area contributed by atoms with Crippen LogP contribution in [0.3, 0.4) is 0 Å². The third-order valence-electron chi connectivity index (χ3n) is 1.89. The van der Waals surface area contributed by atoms with Crippen LogP contribution < -0.4 is 5.32 Å². The SMILES string of the molecule is CC(C)NC(O)CN1CC(O)C1. The maximum absolute atomic E-state index is 9.41. The molecule has 0 aromatic carbocycles. The van der Waals surface area contributed by atoms with Gasteiger partial charge in [0.2, 0.25) is 0 Å². The number of hydrogen-bond acceptors (Lipinski definition) is 4. The molecule has 72 valence electrons. The van der Waals surface area contributed by atoms with Gasteiger partial charge in [-0.15, -0.1) is 0 Å². The number of hydrogen-bond donors (Lipinski definition) is 3. The molecule has 1 saturated heterocycles. The molecule has 1 atom stereocenters. The number of aliphatic hydroxyl groups is 2. The molecule has 0 radical (unpaired) electrons. The number of rotatable bonds is 4. The van der Waals surface area contributed by atoms with Crippen molar-refractivity contribution in [2.24, 2.45) is 0 Å².